The number of carbonyl (C=O) groups excluding carboxylic acids is 1. The number of rotatable bonds is 5. The van der Waals surface area contributed by atoms with E-state index >= 15 is 0 Å². The first-order valence-electron chi connectivity index (χ1n) is 11.9. The first-order chi connectivity index (χ1) is 18.2. The Hall–Kier alpha value is -4.00. The second-order valence-electron chi connectivity index (χ2n) is 9.54. The van der Waals surface area contributed by atoms with Crippen LogP contribution >= 0.6 is 23.2 Å². The summed E-state index contributed by atoms with van der Waals surface area (Å²) in [4.78, 5) is 27.8. The van der Waals surface area contributed by atoms with Crippen LogP contribution in [0.15, 0.2) is 89.5 Å². The highest BCUT2D eigenvalue weighted by Crippen LogP contribution is 2.35. The van der Waals surface area contributed by atoms with Gasteiger partial charge in [0.15, 0.2) is 11.4 Å². The normalized spacial score (nSPS) is 11.4. The standard InChI is InChI=1S/C30H23Cl2N3O3/c1-30(2,3)38-29(36)27-25(20-11-15-22(32)16-12-20)34-26(24(35-27)19-9-13-21(31)14-10-19)28-33-23(17-37-28)18-7-5-4-6-8-18/h4-17H,1-3H3. The van der Waals surface area contributed by atoms with Gasteiger partial charge in [-0.1, -0.05) is 77.8 Å². The maximum atomic E-state index is 13.4. The third-order valence-corrected chi connectivity index (χ3v) is 6.00. The zero-order valence-electron chi connectivity index (χ0n) is 20.9. The first kappa shape index (κ1) is 25.6. The Labute approximate surface area is 230 Å². The number of halogens is 2. The molecule has 190 valence electrons. The van der Waals surface area contributed by atoms with E-state index in [0.29, 0.717) is 43.9 Å². The van der Waals surface area contributed by atoms with Crippen LogP contribution in [-0.2, 0) is 4.74 Å². The summed E-state index contributed by atoms with van der Waals surface area (Å²) in [5.74, 6) is -0.346. The third kappa shape index (κ3) is 5.62. The Kier molecular flexibility index (Phi) is 7.02. The van der Waals surface area contributed by atoms with E-state index in [1.807, 2.05) is 30.3 Å². The zero-order valence-corrected chi connectivity index (χ0v) is 22.4. The number of hydrogen-bond acceptors (Lipinski definition) is 6. The monoisotopic (exact) mass is 543 g/mol. The molecule has 0 saturated heterocycles. The Balaban J connectivity index is 1.75. The maximum Gasteiger partial charge on any atom is 0.359 e. The Morgan fingerprint density at radius 2 is 1.29 bits per heavy atom. The van der Waals surface area contributed by atoms with E-state index in [1.165, 1.54) is 0 Å². The van der Waals surface area contributed by atoms with Crippen LogP contribution in [0.25, 0.3) is 45.4 Å². The molecule has 6 nitrogen and oxygen atoms in total. The van der Waals surface area contributed by atoms with Gasteiger partial charge in [0.2, 0.25) is 5.89 Å². The molecule has 0 N–H and O–H groups in total. The summed E-state index contributed by atoms with van der Waals surface area (Å²) in [7, 11) is 0. The third-order valence-electron chi connectivity index (χ3n) is 5.50. The van der Waals surface area contributed by atoms with Crippen molar-refractivity contribution in [3.8, 4) is 45.4 Å². The molecule has 5 rings (SSSR count). The van der Waals surface area contributed by atoms with E-state index in [9.17, 15) is 4.79 Å². The average molecular weight is 544 g/mol. The molecule has 0 unspecified atom stereocenters. The second kappa shape index (κ2) is 10.4. The van der Waals surface area contributed by atoms with Gasteiger partial charge in [0.25, 0.3) is 0 Å². The quantitative estimate of drug-likeness (QED) is 0.207. The number of nitrogens with zero attached hydrogens (tertiary/aromatic N) is 3. The largest absolute Gasteiger partial charge is 0.455 e. The van der Waals surface area contributed by atoms with Crippen LogP contribution in [0.5, 0.6) is 0 Å². The summed E-state index contributed by atoms with van der Waals surface area (Å²) in [6.07, 6.45) is 1.57. The molecular weight excluding hydrogens is 521 g/mol. The highest BCUT2D eigenvalue weighted by molar-refractivity contribution is 6.31. The van der Waals surface area contributed by atoms with E-state index in [2.05, 4.69) is 0 Å². The van der Waals surface area contributed by atoms with Crippen molar-refractivity contribution in [1.29, 1.82) is 0 Å². The molecule has 0 spiro atoms. The van der Waals surface area contributed by atoms with Crippen molar-refractivity contribution in [2.45, 2.75) is 26.4 Å². The molecule has 0 bridgehead atoms. The molecule has 0 radical (unpaired) electrons. The van der Waals surface area contributed by atoms with Crippen LogP contribution in [0.4, 0.5) is 0 Å². The van der Waals surface area contributed by atoms with E-state index in [4.69, 9.17) is 47.3 Å². The second-order valence-corrected chi connectivity index (χ2v) is 10.4. The fraction of sp³-hybridized carbons (Fsp3) is 0.133. The Morgan fingerprint density at radius 1 is 0.711 bits per heavy atom. The van der Waals surface area contributed by atoms with Gasteiger partial charge in [0.1, 0.15) is 28.9 Å². The van der Waals surface area contributed by atoms with Gasteiger partial charge in [-0.3, -0.25) is 0 Å². The SMILES string of the molecule is CC(C)(C)OC(=O)c1nc(-c2ccc(Cl)cc2)c(-c2nc(-c3ccccc3)co2)nc1-c1ccc(Cl)cc1. The molecule has 0 amide bonds. The lowest BCUT2D eigenvalue weighted by molar-refractivity contribution is 0.00635. The van der Waals surface area contributed by atoms with Crippen molar-refractivity contribution >= 4 is 29.2 Å². The summed E-state index contributed by atoms with van der Waals surface area (Å²) >= 11 is 12.3. The number of oxazole rings is 1. The highest BCUT2D eigenvalue weighted by Gasteiger charge is 2.28. The van der Waals surface area contributed by atoms with Crippen molar-refractivity contribution in [2.24, 2.45) is 0 Å². The zero-order chi connectivity index (χ0) is 26.9. The number of esters is 1. The molecule has 0 atom stereocenters. The van der Waals surface area contributed by atoms with E-state index in [1.54, 1.807) is 75.6 Å². The number of benzene rings is 3. The average Bonchev–Trinajstić information content (AvgIpc) is 3.39. The summed E-state index contributed by atoms with van der Waals surface area (Å²) in [5.41, 5.74) is 3.29. The fourth-order valence-corrected chi connectivity index (χ4v) is 4.05. The first-order valence-corrected chi connectivity index (χ1v) is 12.6. The van der Waals surface area contributed by atoms with Gasteiger partial charge in [0, 0.05) is 26.7 Å². The van der Waals surface area contributed by atoms with Crippen molar-refractivity contribution in [1.82, 2.24) is 15.0 Å². The van der Waals surface area contributed by atoms with E-state index in [0.717, 1.165) is 5.56 Å². The molecule has 0 saturated carbocycles. The topological polar surface area (TPSA) is 78.1 Å². The molecule has 5 aromatic rings. The number of hydrogen-bond donors (Lipinski definition) is 0. The lowest BCUT2D eigenvalue weighted by Gasteiger charge is -2.20. The van der Waals surface area contributed by atoms with Crippen LogP contribution < -0.4 is 0 Å². The van der Waals surface area contributed by atoms with Crippen molar-refractivity contribution in [3.05, 3.63) is 101 Å². The van der Waals surface area contributed by atoms with Crippen LogP contribution in [-0.4, -0.2) is 26.5 Å². The van der Waals surface area contributed by atoms with Gasteiger partial charge in [-0.25, -0.2) is 19.7 Å². The van der Waals surface area contributed by atoms with Crippen molar-refractivity contribution in [3.63, 3.8) is 0 Å². The molecule has 0 fully saturated rings. The van der Waals surface area contributed by atoms with Gasteiger partial charge in [-0.15, -0.1) is 0 Å². The molecule has 2 heterocycles. The number of aromatic nitrogens is 3. The van der Waals surface area contributed by atoms with Gasteiger partial charge < -0.3 is 9.15 Å². The highest BCUT2D eigenvalue weighted by atomic mass is 35.5. The minimum absolute atomic E-state index is 0.0609. The van der Waals surface area contributed by atoms with Gasteiger partial charge in [0.05, 0.1) is 0 Å². The molecule has 0 aliphatic heterocycles. The minimum Gasteiger partial charge on any atom is -0.455 e. The smallest absolute Gasteiger partial charge is 0.359 e. The van der Waals surface area contributed by atoms with Crippen LogP contribution in [0.1, 0.15) is 31.3 Å². The summed E-state index contributed by atoms with van der Waals surface area (Å²) in [6.45, 7) is 5.39. The van der Waals surface area contributed by atoms with Crippen LogP contribution in [0.2, 0.25) is 10.0 Å². The summed E-state index contributed by atoms with van der Waals surface area (Å²) in [5, 5.41) is 1.12. The lowest BCUT2D eigenvalue weighted by Crippen LogP contribution is -2.25. The summed E-state index contributed by atoms with van der Waals surface area (Å²) < 4.78 is 11.6. The predicted octanol–water partition coefficient (Wildman–Crippen LogP) is 8.39. The van der Waals surface area contributed by atoms with Gasteiger partial charge in [-0.05, 0) is 45.0 Å². The number of ether oxygens (including phenoxy) is 1. The Bertz CT molecular complexity index is 1590. The van der Waals surface area contributed by atoms with Crippen molar-refractivity contribution < 1.29 is 13.9 Å². The van der Waals surface area contributed by atoms with Crippen molar-refractivity contribution in [2.75, 3.05) is 0 Å². The van der Waals surface area contributed by atoms with Gasteiger partial charge in [-0.2, -0.15) is 0 Å². The van der Waals surface area contributed by atoms with E-state index in [-0.39, 0.29) is 11.6 Å². The predicted molar refractivity (Wildman–Crippen MR) is 149 cm³/mol. The van der Waals surface area contributed by atoms with Crippen LogP contribution in [0, 0.1) is 0 Å². The molecule has 38 heavy (non-hydrogen) atoms. The van der Waals surface area contributed by atoms with E-state index < -0.39 is 11.6 Å². The molecular formula is C30H23Cl2N3O3. The maximum absolute atomic E-state index is 13.4. The molecule has 3 aromatic carbocycles. The number of carbonyl (C=O) groups is 1. The van der Waals surface area contributed by atoms with Crippen LogP contribution in [0.3, 0.4) is 0 Å². The minimum atomic E-state index is -0.734. The molecule has 0 aliphatic carbocycles. The molecule has 0 aliphatic rings. The lowest BCUT2D eigenvalue weighted by atomic mass is 10.1. The molecule has 8 heteroatoms. The van der Waals surface area contributed by atoms with Gasteiger partial charge >= 0.3 is 5.97 Å². The fourth-order valence-electron chi connectivity index (χ4n) is 3.80. The molecule has 2 aromatic heterocycles. The summed E-state index contributed by atoms with van der Waals surface area (Å²) in [6, 6.07) is 23.8. The Morgan fingerprint density at radius 3 is 1.87 bits per heavy atom.